The van der Waals surface area contributed by atoms with Crippen molar-refractivity contribution in [2.75, 3.05) is 7.05 Å². The van der Waals surface area contributed by atoms with E-state index in [1.165, 1.54) is 4.31 Å². The molecule has 1 heterocycles. The third kappa shape index (κ3) is 3.55. The van der Waals surface area contributed by atoms with Crippen molar-refractivity contribution in [2.24, 2.45) is 5.73 Å². The van der Waals surface area contributed by atoms with Crippen LogP contribution in [0.5, 0.6) is 0 Å². The topological polar surface area (TPSA) is 89.4 Å². The lowest BCUT2D eigenvalue weighted by molar-refractivity contribution is 0.268. The van der Waals surface area contributed by atoms with E-state index in [0.717, 1.165) is 25.7 Å². The van der Waals surface area contributed by atoms with Gasteiger partial charge in [-0.15, -0.1) is 0 Å². The zero-order chi connectivity index (χ0) is 14.0. The molecule has 0 aliphatic heterocycles. The lowest BCUT2D eigenvalue weighted by Gasteiger charge is -2.32. The first-order chi connectivity index (χ1) is 8.88. The molecule has 0 aromatic carbocycles. The highest BCUT2D eigenvalue weighted by Crippen LogP contribution is 2.24. The van der Waals surface area contributed by atoms with Gasteiger partial charge >= 0.3 is 0 Å². The molecule has 1 saturated carbocycles. The van der Waals surface area contributed by atoms with Gasteiger partial charge in [-0.1, -0.05) is 5.16 Å². The molecule has 2 rings (SSSR count). The monoisotopic (exact) mass is 287 g/mol. The molecule has 1 fully saturated rings. The molecule has 1 aromatic heterocycles. The van der Waals surface area contributed by atoms with Crippen LogP contribution in [0.1, 0.15) is 37.1 Å². The van der Waals surface area contributed by atoms with Gasteiger partial charge in [0.05, 0.1) is 0 Å². The summed E-state index contributed by atoms with van der Waals surface area (Å²) in [5, 5.41) is 3.74. The largest absolute Gasteiger partial charge is 0.361 e. The van der Waals surface area contributed by atoms with Gasteiger partial charge in [-0.25, -0.2) is 12.7 Å². The van der Waals surface area contributed by atoms with E-state index >= 15 is 0 Å². The van der Waals surface area contributed by atoms with Crippen molar-refractivity contribution < 1.29 is 12.9 Å². The lowest BCUT2D eigenvalue weighted by atomic mass is 9.92. The molecule has 0 spiro atoms. The summed E-state index contributed by atoms with van der Waals surface area (Å²) in [4.78, 5) is 0. The van der Waals surface area contributed by atoms with Crippen LogP contribution >= 0.6 is 0 Å². The lowest BCUT2D eigenvalue weighted by Crippen LogP contribution is -2.42. The minimum absolute atomic E-state index is 0.0535. The van der Waals surface area contributed by atoms with E-state index in [9.17, 15) is 8.42 Å². The Bertz CT molecular complexity index is 518. The Morgan fingerprint density at radius 2 is 2.05 bits per heavy atom. The van der Waals surface area contributed by atoms with Crippen LogP contribution < -0.4 is 5.73 Å². The number of rotatable bonds is 4. The van der Waals surface area contributed by atoms with Crippen molar-refractivity contribution >= 4 is 10.0 Å². The maximum absolute atomic E-state index is 12.3. The van der Waals surface area contributed by atoms with E-state index in [-0.39, 0.29) is 17.8 Å². The van der Waals surface area contributed by atoms with E-state index in [4.69, 9.17) is 10.3 Å². The van der Waals surface area contributed by atoms with Gasteiger partial charge in [-0.05, 0) is 32.6 Å². The summed E-state index contributed by atoms with van der Waals surface area (Å²) < 4.78 is 31.0. The summed E-state index contributed by atoms with van der Waals surface area (Å²) in [6.07, 6.45) is 3.42. The van der Waals surface area contributed by atoms with Crippen molar-refractivity contribution in [3.05, 3.63) is 17.5 Å². The standard InChI is InChI=1S/C12H21N3O3S/c1-9-7-11(14-18-9)8-19(16,17)15(2)12-5-3-10(13)4-6-12/h7,10,12H,3-6,8,13H2,1-2H3. The van der Waals surface area contributed by atoms with E-state index in [0.29, 0.717) is 11.5 Å². The molecule has 0 radical (unpaired) electrons. The van der Waals surface area contributed by atoms with Crippen LogP contribution in [0.25, 0.3) is 0 Å². The van der Waals surface area contributed by atoms with Gasteiger partial charge in [0.1, 0.15) is 17.2 Å². The van der Waals surface area contributed by atoms with Crippen molar-refractivity contribution in [1.29, 1.82) is 0 Å². The second kappa shape index (κ2) is 5.60. The molecule has 1 aliphatic carbocycles. The smallest absolute Gasteiger partial charge is 0.219 e. The fraction of sp³-hybridized carbons (Fsp3) is 0.750. The van der Waals surface area contributed by atoms with Crippen LogP contribution in [0.3, 0.4) is 0 Å². The number of hydrogen-bond acceptors (Lipinski definition) is 5. The molecule has 7 heteroatoms. The third-order valence-corrected chi connectivity index (χ3v) is 5.54. The van der Waals surface area contributed by atoms with Crippen LogP contribution in [0.4, 0.5) is 0 Å². The Morgan fingerprint density at radius 1 is 1.42 bits per heavy atom. The van der Waals surface area contributed by atoms with Crippen molar-refractivity contribution in [1.82, 2.24) is 9.46 Å². The van der Waals surface area contributed by atoms with Gasteiger partial charge in [0.2, 0.25) is 10.0 Å². The highest BCUT2D eigenvalue weighted by atomic mass is 32.2. The molecule has 0 saturated heterocycles. The molecule has 19 heavy (non-hydrogen) atoms. The average molecular weight is 287 g/mol. The van der Waals surface area contributed by atoms with Crippen LogP contribution in [0.2, 0.25) is 0 Å². The second-order valence-corrected chi connectivity index (χ2v) is 7.30. The minimum Gasteiger partial charge on any atom is -0.361 e. The van der Waals surface area contributed by atoms with E-state index in [1.807, 2.05) is 0 Å². The average Bonchev–Trinajstić information content (AvgIpc) is 2.74. The Labute approximate surface area is 114 Å². The number of aryl methyl sites for hydroxylation is 1. The Balaban J connectivity index is 2.02. The molecule has 0 bridgehead atoms. The van der Waals surface area contributed by atoms with Crippen LogP contribution in [0.15, 0.2) is 10.6 Å². The van der Waals surface area contributed by atoms with E-state index in [1.54, 1.807) is 20.0 Å². The number of nitrogens with two attached hydrogens (primary N) is 1. The maximum Gasteiger partial charge on any atom is 0.219 e. The second-order valence-electron chi connectivity index (χ2n) is 5.27. The van der Waals surface area contributed by atoms with Crippen LogP contribution in [-0.4, -0.2) is 37.0 Å². The molecule has 2 N–H and O–H groups in total. The van der Waals surface area contributed by atoms with Gasteiger partial charge in [-0.2, -0.15) is 0 Å². The SMILES string of the molecule is Cc1cc(CS(=O)(=O)N(C)C2CCC(N)CC2)no1. The Hall–Kier alpha value is -0.920. The molecule has 108 valence electrons. The first kappa shape index (κ1) is 14.5. The Morgan fingerprint density at radius 3 is 2.58 bits per heavy atom. The van der Waals surface area contributed by atoms with Crippen molar-refractivity contribution in [3.8, 4) is 0 Å². The normalized spacial score (nSPS) is 24.8. The fourth-order valence-electron chi connectivity index (χ4n) is 2.47. The molecule has 1 aromatic rings. The third-order valence-electron chi connectivity index (χ3n) is 3.70. The summed E-state index contributed by atoms with van der Waals surface area (Å²) >= 11 is 0. The van der Waals surface area contributed by atoms with Crippen molar-refractivity contribution in [2.45, 2.75) is 50.4 Å². The molecule has 0 unspecified atom stereocenters. The number of hydrogen-bond donors (Lipinski definition) is 1. The molecular formula is C12H21N3O3S. The Kier molecular flexibility index (Phi) is 4.27. The van der Waals surface area contributed by atoms with Gasteiger partial charge in [0.25, 0.3) is 0 Å². The van der Waals surface area contributed by atoms with Gasteiger partial charge < -0.3 is 10.3 Å². The minimum atomic E-state index is -3.35. The van der Waals surface area contributed by atoms with E-state index in [2.05, 4.69) is 5.16 Å². The quantitative estimate of drug-likeness (QED) is 0.892. The number of nitrogens with zero attached hydrogens (tertiary/aromatic N) is 2. The first-order valence-corrected chi connectivity index (χ1v) is 8.13. The van der Waals surface area contributed by atoms with Crippen molar-refractivity contribution in [3.63, 3.8) is 0 Å². The van der Waals surface area contributed by atoms with Gasteiger partial charge in [0, 0.05) is 25.2 Å². The van der Waals surface area contributed by atoms with Crippen LogP contribution in [-0.2, 0) is 15.8 Å². The van der Waals surface area contributed by atoms with Gasteiger partial charge in [0.15, 0.2) is 0 Å². The number of aromatic nitrogens is 1. The number of sulfonamides is 1. The molecule has 0 atom stereocenters. The van der Waals surface area contributed by atoms with Gasteiger partial charge in [-0.3, -0.25) is 0 Å². The zero-order valence-electron chi connectivity index (χ0n) is 11.4. The highest BCUT2D eigenvalue weighted by Gasteiger charge is 2.30. The molecule has 0 amide bonds. The maximum atomic E-state index is 12.3. The van der Waals surface area contributed by atoms with Crippen LogP contribution in [0, 0.1) is 6.92 Å². The predicted octanol–water partition coefficient (Wildman–Crippen LogP) is 1.01. The molecule has 1 aliphatic rings. The predicted molar refractivity (Wildman–Crippen MR) is 71.9 cm³/mol. The summed E-state index contributed by atoms with van der Waals surface area (Å²) in [7, 11) is -1.70. The fourth-order valence-corrected chi connectivity index (χ4v) is 3.85. The summed E-state index contributed by atoms with van der Waals surface area (Å²) in [6, 6.07) is 1.92. The van der Waals surface area contributed by atoms with E-state index < -0.39 is 10.0 Å². The zero-order valence-corrected chi connectivity index (χ0v) is 12.2. The first-order valence-electron chi connectivity index (χ1n) is 6.52. The summed E-state index contributed by atoms with van der Waals surface area (Å²) in [5.41, 5.74) is 6.30. The highest BCUT2D eigenvalue weighted by molar-refractivity contribution is 7.88. The summed E-state index contributed by atoms with van der Waals surface area (Å²) in [6.45, 7) is 1.75. The molecule has 6 nitrogen and oxygen atoms in total. The summed E-state index contributed by atoms with van der Waals surface area (Å²) in [5.74, 6) is 0.514. The molecular weight excluding hydrogens is 266 g/mol.